The maximum Gasteiger partial charge on any atom is 0.306 e. The summed E-state index contributed by atoms with van der Waals surface area (Å²) < 4.78 is 4.78. The van der Waals surface area contributed by atoms with Crippen molar-refractivity contribution in [1.29, 1.82) is 0 Å². The minimum Gasteiger partial charge on any atom is -0.466 e. The molecule has 0 unspecified atom stereocenters. The highest BCUT2D eigenvalue weighted by Gasteiger charge is 1.97. The Kier molecular flexibility index (Phi) is 7.76. The van der Waals surface area contributed by atoms with Gasteiger partial charge in [-0.05, 0) is 19.8 Å². The fourth-order valence-corrected chi connectivity index (χ4v) is 0.837. The molecular weight excluding hydrogens is 152 g/mol. The topological polar surface area (TPSA) is 26.3 Å². The highest BCUT2D eigenvalue weighted by molar-refractivity contribution is 5.69. The van der Waals surface area contributed by atoms with Crippen molar-refractivity contribution in [2.45, 2.75) is 39.5 Å². The fourth-order valence-electron chi connectivity index (χ4n) is 0.837. The Morgan fingerprint density at radius 1 is 1.25 bits per heavy atom. The van der Waals surface area contributed by atoms with E-state index in [1.807, 2.05) is 13.0 Å². The molecule has 0 fully saturated rings. The van der Waals surface area contributed by atoms with Gasteiger partial charge in [-0.1, -0.05) is 25.5 Å². The molecule has 0 aromatic heterocycles. The SMILES string of the molecule is CCC/C=C\CCC(=O)OCC. The fraction of sp³-hybridized carbons (Fsp3) is 0.700. The molecule has 0 saturated carbocycles. The van der Waals surface area contributed by atoms with Gasteiger partial charge in [0.1, 0.15) is 0 Å². The van der Waals surface area contributed by atoms with Gasteiger partial charge < -0.3 is 4.74 Å². The molecule has 0 aliphatic heterocycles. The third kappa shape index (κ3) is 7.32. The molecule has 12 heavy (non-hydrogen) atoms. The maximum atomic E-state index is 10.8. The zero-order valence-electron chi connectivity index (χ0n) is 8.01. The van der Waals surface area contributed by atoms with Crippen molar-refractivity contribution < 1.29 is 9.53 Å². The first kappa shape index (κ1) is 11.2. The van der Waals surface area contributed by atoms with E-state index in [-0.39, 0.29) is 5.97 Å². The minimum atomic E-state index is -0.0985. The lowest BCUT2D eigenvalue weighted by Crippen LogP contribution is -2.02. The van der Waals surface area contributed by atoms with Gasteiger partial charge in [0.2, 0.25) is 0 Å². The molecule has 70 valence electrons. The van der Waals surface area contributed by atoms with E-state index in [0.29, 0.717) is 13.0 Å². The van der Waals surface area contributed by atoms with Crippen molar-refractivity contribution in [2.75, 3.05) is 6.61 Å². The van der Waals surface area contributed by atoms with Crippen LogP contribution in [0.15, 0.2) is 12.2 Å². The molecule has 0 rings (SSSR count). The molecule has 0 amide bonds. The van der Waals surface area contributed by atoms with Crippen LogP contribution < -0.4 is 0 Å². The van der Waals surface area contributed by atoms with Crippen LogP contribution in [0.4, 0.5) is 0 Å². The van der Waals surface area contributed by atoms with Crippen molar-refractivity contribution in [2.24, 2.45) is 0 Å². The number of allylic oxidation sites excluding steroid dienone is 2. The predicted octanol–water partition coefficient (Wildman–Crippen LogP) is 2.69. The standard InChI is InChI=1S/C10H18O2/c1-3-5-6-7-8-9-10(11)12-4-2/h6-7H,3-5,8-9H2,1-2H3/b7-6-. The van der Waals surface area contributed by atoms with Gasteiger partial charge in [0, 0.05) is 6.42 Å². The van der Waals surface area contributed by atoms with E-state index in [2.05, 4.69) is 13.0 Å². The van der Waals surface area contributed by atoms with Crippen LogP contribution in [0, 0.1) is 0 Å². The summed E-state index contributed by atoms with van der Waals surface area (Å²) in [4.78, 5) is 10.8. The molecule has 0 saturated heterocycles. The maximum absolute atomic E-state index is 10.8. The number of carbonyl (C=O) groups is 1. The Balaban J connectivity index is 3.24. The van der Waals surface area contributed by atoms with Crippen LogP contribution in [0.1, 0.15) is 39.5 Å². The smallest absolute Gasteiger partial charge is 0.306 e. The van der Waals surface area contributed by atoms with Gasteiger partial charge in [0.25, 0.3) is 0 Å². The Hall–Kier alpha value is -0.790. The van der Waals surface area contributed by atoms with Crippen molar-refractivity contribution in [3.8, 4) is 0 Å². The van der Waals surface area contributed by atoms with Crippen LogP contribution in [-0.4, -0.2) is 12.6 Å². The average molecular weight is 170 g/mol. The lowest BCUT2D eigenvalue weighted by molar-refractivity contribution is -0.142. The molecule has 0 radical (unpaired) electrons. The molecule has 0 bridgehead atoms. The quantitative estimate of drug-likeness (QED) is 0.452. The van der Waals surface area contributed by atoms with Gasteiger partial charge in [0.15, 0.2) is 0 Å². The number of esters is 1. The summed E-state index contributed by atoms with van der Waals surface area (Å²) in [6.07, 6.45) is 7.73. The summed E-state index contributed by atoms with van der Waals surface area (Å²) in [6, 6.07) is 0. The summed E-state index contributed by atoms with van der Waals surface area (Å²) >= 11 is 0. The van der Waals surface area contributed by atoms with E-state index < -0.39 is 0 Å². The third-order valence-corrected chi connectivity index (χ3v) is 1.44. The molecule has 0 atom stereocenters. The summed E-state index contributed by atoms with van der Waals surface area (Å²) in [5.74, 6) is -0.0985. The van der Waals surface area contributed by atoms with Crippen LogP contribution in [0.5, 0.6) is 0 Å². The van der Waals surface area contributed by atoms with Gasteiger partial charge in [-0.15, -0.1) is 0 Å². The Labute approximate surface area is 74.6 Å². The van der Waals surface area contributed by atoms with Crippen LogP contribution in [-0.2, 0) is 9.53 Å². The Morgan fingerprint density at radius 3 is 2.50 bits per heavy atom. The first-order valence-electron chi connectivity index (χ1n) is 4.61. The zero-order chi connectivity index (χ0) is 9.23. The second-order valence-corrected chi connectivity index (χ2v) is 2.60. The lowest BCUT2D eigenvalue weighted by Gasteiger charge is -1.97. The number of carbonyl (C=O) groups excluding carboxylic acids is 1. The molecule has 0 aromatic carbocycles. The molecule has 0 aromatic rings. The lowest BCUT2D eigenvalue weighted by atomic mass is 10.2. The van der Waals surface area contributed by atoms with Gasteiger partial charge in [0.05, 0.1) is 6.61 Å². The highest BCUT2D eigenvalue weighted by atomic mass is 16.5. The van der Waals surface area contributed by atoms with Crippen molar-refractivity contribution >= 4 is 5.97 Å². The second-order valence-electron chi connectivity index (χ2n) is 2.60. The number of hydrogen-bond acceptors (Lipinski definition) is 2. The first-order chi connectivity index (χ1) is 5.81. The zero-order valence-corrected chi connectivity index (χ0v) is 8.01. The number of unbranched alkanes of at least 4 members (excludes halogenated alkanes) is 1. The van der Waals surface area contributed by atoms with Crippen LogP contribution in [0.25, 0.3) is 0 Å². The highest BCUT2D eigenvalue weighted by Crippen LogP contribution is 1.96. The summed E-state index contributed by atoms with van der Waals surface area (Å²) in [5.41, 5.74) is 0. The van der Waals surface area contributed by atoms with E-state index >= 15 is 0 Å². The minimum absolute atomic E-state index is 0.0985. The van der Waals surface area contributed by atoms with Gasteiger partial charge in [-0.25, -0.2) is 0 Å². The molecular formula is C10H18O2. The van der Waals surface area contributed by atoms with Crippen LogP contribution in [0.3, 0.4) is 0 Å². The summed E-state index contributed by atoms with van der Waals surface area (Å²) in [7, 11) is 0. The van der Waals surface area contributed by atoms with Gasteiger partial charge in [-0.3, -0.25) is 4.79 Å². The van der Waals surface area contributed by atoms with Gasteiger partial charge >= 0.3 is 5.97 Å². The molecule has 0 aliphatic carbocycles. The van der Waals surface area contributed by atoms with E-state index in [0.717, 1.165) is 19.3 Å². The second kappa shape index (κ2) is 8.31. The number of ether oxygens (including phenoxy) is 1. The number of rotatable bonds is 6. The normalized spacial score (nSPS) is 10.5. The monoisotopic (exact) mass is 170 g/mol. The van der Waals surface area contributed by atoms with Crippen molar-refractivity contribution in [3.05, 3.63) is 12.2 Å². The average Bonchev–Trinajstić information content (AvgIpc) is 2.05. The third-order valence-electron chi connectivity index (χ3n) is 1.44. The molecule has 0 spiro atoms. The summed E-state index contributed by atoms with van der Waals surface area (Å²) in [6.45, 7) is 4.44. The number of hydrogen-bond donors (Lipinski definition) is 0. The van der Waals surface area contributed by atoms with Crippen LogP contribution in [0.2, 0.25) is 0 Å². The van der Waals surface area contributed by atoms with Crippen molar-refractivity contribution in [3.63, 3.8) is 0 Å². The van der Waals surface area contributed by atoms with E-state index in [4.69, 9.17) is 4.74 Å². The van der Waals surface area contributed by atoms with Crippen LogP contribution >= 0.6 is 0 Å². The summed E-state index contributed by atoms with van der Waals surface area (Å²) in [5, 5.41) is 0. The molecule has 2 heteroatoms. The first-order valence-corrected chi connectivity index (χ1v) is 4.61. The van der Waals surface area contributed by atoms with Gasteiger partial charge in [-0.2, -0.15) is 0 Å². The Morgan fingerprint density at radius 2 is 1.92 bits per heavy atom. The van der Waals surface area contributed by atoms with E-state index in [1.54, 1.807) is 0 Å². The molecule has 0 N–H and O–H groups in total. The Bertz CT molecular complexity index is 139. The van der Waals surface area contributed by atoms with E-state index in [9.17, 15) is 4.79 Å². The molecule has 2 nitrogen and oxygen atoms in total. The van der Waals surface area contributed by atoms with Crippen molar-refractivity contribution in [1.82, 2.24) is 0 Å². The van der Waals surface area contributed by atoms with E-state index in [1.165, 1.54) is 0 Å². The predicted molar refractivity (Wildman–Crippen MR) is 49.9 cm³/mol. The molecule has 0 aliphatic rings. The molecule has 0 heterocycles. The largest absolute Gasteiger partial charge is 0.466 e.